The fourth-order valence-corrected chi connectivity index (χ4v) is 4.02. The van der Waals surface area contributed by atoms with E-state index in [-0.39, 0.29) is 17.9 Å². The van der Waals surface area contributed by atoms with Crippen molar-refractivity contribution in [2.75, 3.05) is 32.8 Å². The van der Waals surface area contributed by atoms with E-state index in [9.17, 15) is 9.59 Å². The number of aromatic nitrogens is 1. The van der Waals surface area contributed by atoms with Gasteiger partial charge in [0.1, 0.15) is 11.0 Å². The van der Waals surface area contributed by atoms with E-state index in [1.165, 1.54) is 11.3 Å². The zero-order valence-corrected chi connectivity index (χ0v) is 14.5. The van der Waals surface area contributed by atoms with E-state index in [1.54, 1.807) is 0 Å². The zero-order valence-electron chi connectivity index (χ0n) is 13.7. The van der Waals surface area contributed by atoms with E-state index in [4.69, 9.17) is 4.74 Å². The fraction of sp³-hybridized carbons (Fsp3) is 0.688. The summed E-state index contributed by atoms with van der Waals surface area (Å²) >= 11 is 1.49. The highest BCUT2D eigenvalue weighted by Gasteiger charge is 2.32. The van der Waals surface area contributed by atoms with Crippen molar-refractivity contribution >= 4 is 23.2 Å². The fourth-order valence-electron chi connectivity index (χ4n) is 3.05. The van der Waals surface area contributed by atoms with Crippen LogP contribution in [0.25, 0.3) is 0 Å². The average molecular weight is 337 g/mol. The molecule has 0 saturated carbocycles. The third kappa shape index (κ3) is 3.40. The van der Waals surface area contributed by atoms with Crippen LogP contribution in [0.2, 0.25) is 0 Å². The molecule has 0 aliphatic carbocycles. The molecule has 1 atom stereocenters. The second-order valence-corrected chi connectivity index (χ2v) is 7.08. The molecular formula is C16H23N3O3S. The Morgan fingerprint density at radius 2 is 1.96 bits per heavy atom. The maximum Gasteiger partial charge on any atom is 0.265 e. The largest absolute Gasteiger partial charge is 0.368 e. The van der Waals surface area contributed by atoms with Crippen LogP contribution in [0.5, 0.6) is 0 Å². The molecular weight excluding hydrogens is 314 g/mol. The molecule has 6 nitrogen and oxygen atoms in total. The van der Waals surface area contributed by atoms with Crippen LogP contribution in [0.4, 0.5) is 0 Å². The molecule has 0 N–H and O–H groups in total. The quantitative estimate of drug-likeness (QED) is 0.838. The second kappa shape index (κ2) is 6.97. The molecule has 1 aromatic rings. The first-order chi connectivity index (χ1) is 11.1. The monoisotopic (exact) mass is 337 g/mol. The van der Waals surface area contributed by atoms with Crippen molar-refractivity contribution in [1.82, 2.24) is 14.8 Å². The Labute approximate surface area is 140 Å². The molecule has 23 heavy (non-hydrogen) atoms. The van der Waals surface area contributed by atoms with Gasteiger partial charge in [-0.15, -0.1) is 11.3 Å². The standard InChI is InChI=1S/C16H23N3O3S/c1-3-13-17-11(2)14(23-13)16(21)19-8-6-18(7-9-19)15(20)12-5-4-10-22-12/h12H,3-10H2,1-2H3. The highest BCUT2D eigenvalue weighted by atomic mass is 32.1. The van der Waals surface area contributed by atoms with Crippen LogP contribution in [0.3, 0.4) is 0 Å². The Bertz CT molecular complexity index is 587. The van der Waals surface area contributed by atoms with Crippen molar-refractivity contribution in [2.45, 2.75) is 39.2 Å². The summed E-state index contributed by atoms with van der Waals surface area (Å²) in [6, 6.07) is 0. The molecule has 0 radical (unpaired) electrons. The molecule has 1 unspecified atom stereocenters. The number of ether oxygens (including phenoxy) is 1. The first kappa shape index (κ1) is 16.4. The van der Waals surface area contributed by atoms with Crippen molar-refractivity contribution < 1.29 is 14.3 Å². The Hall–Kier alpha value is -1.47. The predicted molar refractivity (Wildman–Crippen MR) is 87.7 cm³/mol. The SMILES string of the molecule is CCc1nc(C)c(C(=O)N2CCN(C(=O)C3CCCO3)CC2)s1. The van der Waals surface area contributed by atoms with Crippen molar-refractivity contribution in [3.8, 4) is 0 Å². The molecule has 3 rings (SSSR count). The highest BCUT2D eigenvalue weighted by molar-refractivity contribution is 7.13. The number of piperazine rings is 1. The molecule has 2 saturated heterocycles. The third-order valence-corrected chi connectivity index (χ3v) is 5.71. The van der Waals surface area contributed by atoms with Gasteiger partial charge < -0.3 is 14.5 Å². The summed E-state index contributed by atoms with van der Waals surface area (Å²) in [5.41, 5.74) is 0.815. The van der Waals surface area contributed by atoms with Crippen molar-refractivity contribution in [1.29, 1.82) is 0 Å². The first-order valence-electron chi connectivity index (χ1n) is 8.26. The molecule has 0 bridgehead atoms. The Morgan fingerprint density at radius 3 is 2.52 bits per heavy atom. The second-order valence-electron chi connectivity index (χ2n) is 5.99. The number of amides is 2. The minimum Gasteiger partial charge on any atom is -0.368 e. The van der Waals surface area contributed by atoms with Gasteiger partial charge in [0.2, 0.25) is 0 Å². The lowest BCUT2D eigenvalue weighted by atomic mass is 10.2. The number of thiazole rings is 1. The molecule has 126 valence electrons. The summed E-state index contributed by atoms with van der Waals surface area (Å²) in [5, 5.41) is 0.998. The van der Waals surface area contributed by atoms with Crippen molar-refractivity contribution in [3.63, 3.8) is 0 Å². The van der Waals surface area contributed by atoms with Gasteiger partial charge in [-0.2, -0.15) is 0 Å². The van der Waals surface area contributed by atoms with Gasteiger partial charge in [-0.1, -0.05) is 6.92 Å². The Balaban J connectivity index is 1.58. The maximum atomic E-state index is 12.7. The lowest BCUT2D eigenvalue weighted by molar-refractivity contribution is -0.142. The van der Waals surface area contributed by atoms with Gasteiger partial charge in [0.15, 0.2) is 0 Å². The van der Waals surface area contributed by atoms with Crippen LogP contribution in [0, 0.1) is 6.92 Å². The number of carbonyl (C=O) groups excluding carboxylic acids is 2. The van der Waals surface area contributed by atoms with Gasteiger partial charge in [-0.3, -0.25) is 9.59 Å². The number of hydrogen-bond acceptors (Lipinski definition) is 5. The van der Waals surface area contributed by atoms with Crippen LogP contribution in [0.15, 0.2) is 0 Å². The predicted octanol–water partition coefficient (Wildman–Crippen LogP) is 1.48. The van der Waals surface area contributed by atoms with E-state index in [1.807, 2.05) is 23.6 Å². The normalized spacial score (nSPS) is 21.7. The summed E-state index contributed by atoms with van der Waals surface area (Å²) in [6.45, 7) is 6.94. The van der Waals surface area contributed by atoms with Crippen LogP contribution >= 0.6 is 11.3 Å². The lowest BCUT2D eigenvalue weighted by Crippen LogP contribution is -2.52. The topological polar surface area (TPSA) is 62.7 Å². The molecule has 1 aromatic heterocycles. The van der Waals surface area contributed by atoms with Gasteiger partial charge in [0.25, 0.3) is 11.8 Å². The van der Waals surface area contributed by atoms with Crippen LogP contribution < -0.4 is 0 Å². The summed E-state index contributed by atoms with van der Waals surface area (Å²) in [5.74, 6) is 0.126. The summed E-state index contributed by atoms with van der Waals surface area (Å²) in [4.78, 5) is 33.8. The molecule has 2 aliphatic heterocycles. The van der Waals surface area contributed by atoms with Crippen LogP contribution in [-0.4, -0.2) is 65.5 Å². The molecule has 0 spiro atoms. The minimum atomic E-state index is -0.270. The average Bonchev–Trinajstić information content (AvgIpc) is 3.23. The molecule has 2 aliphatic rings. The van der Waals surface area contributed by atoms with Crippen LogP contribution in [0.1, 0.15) is 40.1 Å². The summed E-state index contributed by atoms with van der Waals surface area (Å²) in [6.07, 6.45) is 2.35. The molecule has 3 heterocycles. The highest BCUT2D eigenvalue weighted by Crippen LogP contribution is 2.22. The van der Waals surface area contributed by atoms with Gasteiger partial charge in [-0.25, -0.2) is 4.98 Å². The maximum absolute atomic E-state index is 12.7. The van der Waals surface area contributed by atoms with Gasteiger partial charge in [0.05, 0.1) is 10.7 Å². The van der Waals surface area contributed by atoms with Crippen molar-refractivity contribution in [3.05, 3.63) is 15.6 Å². The van der Waals surface area contributed by atoms with Gasteiger partial charge in [-0.05, 0) is 26.2 Å². The lowest BCUT2D eigenvalue weighted by Gasteiger charge is -2.35. The van der Waals surface area contributed by atoms with E-state index < -0.39 is 0 Å². The van der Waals surface area contributed by atoms with E-state index in [0.717, 1.165) is 34.8 Å². The van der Waals surface area contributed by atoms with E-state index in [2.05, 4.69) is 4.98 Å². The number of carbonyl (C=O) groups is 2. The Kier molecular flexibility index (Phi) is 4.96. The van der Waals surface area contributed by atoms with Crippen LogP contribution in [-0.2, 0) is 16.0 Å². The zero-order chi connectivity index (χ0) is 16.4. The summed E-state index contributed by atoms with van der Waals surface area (Å²) in [7, 11) is 0. The van der Waals surface area contributed by atoms with E-state index >= 15 is 0 Å². The Morgan fingerprint density at radius 1 is 1.26 bits per heavy atom. The minimum absolute atomic E-state index is 0.0453. The number of nitrogens with zero attached hydrogens (tertiary/aromatic N) is 3. The summed E-state index contributed by atoms with van der Waals surface area (Å²) < 4.78 is 5.46. The third-order valence-electron chi connectivity index (χ3n) is 4.42. The molecule has 0 aromatic carbocycles. The smallest absolute Gasteiger partial charge is 0.265 e. The molecule has 7 heteroatoms. The first-order valence-corrected chi connectivity index (χ1v) is 9.07. The number of aryl methyl sites for hydroxylation is 2. The molecule has 2 fully saturated rings. The van der Waals surface area contributed by atoms with E-state index in [0.29, 0.717) is 32.8 Å². The van der Waals surface area contributed by atoms with Crippen molar-refractivity contribution in [2.24, 2.45) is 0 Å². The van der Waals surface area contributed by atoms with Gasteiger partial charge >= 0.3 is 0 Å². The molecule has 2 amide bonds. The number of rotatable bonds is 3. The number of hydrogen-bond donors (Lipinski definition) is 0. The van der Waals surface area contributed by atoms with Gasteiger partial charge in [0, 0.05) is 32.8 Å².